The van der Waals surface area contributed by atoms with Gasteiger partial charge in [-0.25, -0.2) is 9.97 Å². The molecule has 0 saturated carbocycles. The van der Waals surface area contributed by atoms with Gasteiger partial charge in [-0.1, -0.05) is 18.2 Å². The zero-order valence-corrected chi connectivity index (χ0v) is 17.8. The summed E-state index contributed by atoms with van der Waals surface area (Å²) in [7, 11) is 1.51. The van der Waals surface area contributed by atoms with Crippen LogP contribution >= 0.6 is 0 Å². The zero-order chi connectivity index (χ0) is 23.1. The molecule has 0 spiro atoms. The first kappa shape index (κ1) is 23.1. The SMILES string of the molecule is COc1noc2c1=CC(Cc1ccc(OC(F)(F)F)cc1)=CCC=2.Cc1ccnc(C)n1. The van der Waals surface area contributed by atoms with Gasteiger partial charge in [-0.3, -0.25) is 0 Å². The van der Waals surface area contributed by atoms with Crippen LogP contribution in [0, 0.1) is 13.8 Å². The van der Waals surface area contributed by atoms with Gasteiger partial charge in [0, 0.05) is 11.9 Å². The zero-order valence-electron chi connectivity index (χ0n) is 17.8. The third-order valence-corrected chi connectivity index (χ3v) is 4.41. The van der Waals surface area contributed by atoms with Crippen LogP contribution in [0.15, 0.2) is 52.7 Å². The molecule has 1 aliphatic carbocycles. The minimum atomic E-state index is -4.68. The van der Waals surface area contributed by atoms with Crippen LogP contribution in [0.2, 0.25) is 0 Å². The standard InChI is InChI=1S/C17H14F3NO3.C6H8N2/c1-22-16-14-10-12(3-2-4-15(14)24-21-16)9-11-5-7-13(8-6-11)23-17(18,19)20;1-5-3-4-7-6(2)8-5/h3-8,10H,2,9H2,1H3;3-4H,1-2H3. The minimum Gasteiger partial charge on any atom is -0.478 e. The van der Waals surface area contributed by atoms with Crippen molar-refractivity contribution in [1.82, 2.24) is 15.1 Å². The Kier molecular flexibility index (Phi) is 7.29. The molecule has 6 nitrogen and oxygen atoms in total. The van der Waals surface area contributed by atoms with Crippen LogP contribution in [0.1, 0.15) is 23.5 Å². The number of ether oxygens (including phenoxy) is 2. The van der Waals surface area contributed by atoms with Gasteiger partial charge in [-0.2, -0.15) is 0 Å². The van der Waals surface area contributed by atoms with Gasteiger partial charge in [-0.15, -0.1) is 13.2 Å². The highest BCUT2D eigenvalue weighted by Gasteiger charge is 2.30. The third-order valence-electron chi connectivity index (χ3n) is 4.41. The van der Waals surface area contributed by atoms with Gasteiger partial charge in [0.25, 0.3) is 5.88 Å². The number of hydrogen-bond acceptors (Lipinski definition) is 6. The molecule has 4 rings (SSSR count). The smallest absolute Gasteiger partial charge is 0.478 e. The average molecular weight is 445 g/mol. The number of allylic oxidation sites excluding steroid dienone is 2. The maximum atomic E-state index is 12.2. The van der Waals surface area contributed by atoms with Crippen LogP contribution in [-0.4, -0.2) is 28.6 Å². The molecule has 1 aromatic carbocycles. The number of hydrogen-bond donors (Lipinski definition) is 0. The van der Waals surface area contributed by atoms with E-state index < -0.39 is 6.36 Å². The van der Waals surface area contributed by atoms with E-state index in [1.54, 1.807) is 18.3 Å². The fourth-order valence-electron chi connectivity index (χ4n) is 3.03. The Labute approximate surface area is 182 Å². The molecule has 0 radical (unpaired) electrons. The quantitative estimate of drug-likeness (QED) is 0.608. The van der Waals surface area contributed by atoms with Gasteiger partial charge in [0.05, 0.1) is 12.3 Å². The third kappa shape index (κ3) is 6.69. The Balaban J connectivity index is 0.000000305. The summed E-state index contributed by atoms with van der Waals surface area (Å²) < 4.78 is 50.8. The molecule has 0 amide bonds. The van der Waals surface area contributed by atoms with E-state index >= 15 is 0 Å². The predicted octanol–water partition coefficient (Wildman–Crippen LogP) is 3.81. The molecule has 2 heterocycles. The minimum absolute atomic E-state index is 0.235. The molecule has 9 heteroatoms. The van der Waals surface area contributed by atoms with Crippen molar-refractivity contribution in [1.29, 1.82) is 0 Å². The number of aromatic nitrogens is 3. The van der Waals surface area contributed by atoms with Gasteiger partial charge in [-0.05, 0) is 73.3 Å². The Bertz CT molecular complexity index is 1180. The summed E-state index contributed by atoms with van der Waals surface area (Å²) >= 11 is 0. The molecule has 3 aromatic rings. The van der Waals surface area contributed by atoms with E-state index in [-0.39, 0.29) is 5.75 Å². The summed E-state index contributed by atoms with van der Waals surface area (Å²) in [5.41, 5.74) is 3.53. The van der Waals surface area contributed by atoms with Crippen LogP contribution in [0.3, 0.4) is 0 Å². The molecule has 2 aromatic heterocycles. The number of benzene rings is 1. The topological polar surface area (TPSA) is 70.3 Å². The molecule has 0 bridgehead atoms. The summed E-state index contributed by atoms with van der Waals surface area (Å²) in [5, 5.41) is 4.60. The molecular weight excluding hydrogens is 423 g/mol. The number of halogens is 3. The number of fused-ring (bicyclic) bond motifs is 1. The van der Waals surface area contributed by atoms with Gasteiger partial charge >= 0.3 is 6.36 Å². The summed E-state index contributed by atoms with van der Waals surface area (Å²) in [5.74, 6) is 1.01. The van der Waals surface area contributed by atoms with Crippen LogP contribution in [-0.2, 0) is 6.42 Å². The molecule has 1 aliphatic rings. The maximum absolute atomic E-state index is 12.2. The first-order chi connectivity index (χ1) is 15.2. The van der Waals surface area contributed by atoms with E-state index in [0.717, 1.165) is 27.9 Å². The lowest BCUT2D eigenvalue weighted by Crippen LogP contribution is -2.20. The van der Waals surface area contributed by atoms with Crippen molar-refractivity contribution in [3.05, 3.63) is 75.9 Å². The van der Waals surface area contributed by atoms with Crippen molar-refractivity contribution >= 4 is 12.2 Å². The highest BCUT2D eigenvalue weighted by Crippen LogP contribution is 2.23. The number of aryl methyl sites for hydroxylation is 2. The molecule has 0 saturated heterocycles. The summed E-state index contributed by atoms with van der Waals surface area (Å²) in [6.45, 7) is 3.84. The normalized spacial score (nSPS) is 12.8. The summed E-state index contributed by atoms with van der Waals surface area (Å²) in [6, 6.07) is 7.70. The van der Waals surface area contributed by atoms with E-state index in [2.05, 4.69) is 19.9 Å². The Morgan fingerprint density at radius 1 is 1.06 bits per heavy atom. The predicted molar refractivity (Wildman–Crippen MR) is 112 cm³/mol. The lowest BCUT2D eigenvalue weighted by Gasteiger charge is -2.09. The van der Waals surface area contributed by atoms with Gasteiger partial charge in [0.1, 0.15) is 11.6 Å². The second kappa shape index (κ2) is 10.1. The van der Waals surface area contributed by atoms with Crippen molar-refractivity contribution in [2.24, 2.45) is 0 Å². The second-order valence-corrected chi connectivity index (χ2v) is 6.95. The van der Waals surface area contributed by atoms with E-state index in [1.165, 1.54) is 19.2 Å². The molecule has 0 N–H and O–H groups in total. The highest BCUT2D eigenvalue weighted by atomic mass is 19.4. The van der Waals surface area contributed by atoms with Crippen LogP contribution < -0.4 is 20.1 Å². The van der Waals surface area contributed by atoms with Gasteiger partial charge < -0.3 is 14.0 Å². The molecule has 0 aliphatic heterocycles. The Morgan fingerprint density at radius 2 is 1.81 bits per heavy atom. The van der Waals surface area contributed by atoms with Crippen LogP contribution in [0.4, 0.5) is 13.2 Å². The van der Waals surface area contributed by atoms with Crippen molar-refractivity contribution in [2.75, 3.05) is 7.11 Å². The van der Waals surface area contributed by atoms with E-state index in [9.17, 15) is 13.2 Å². The van der Waals surface area contributed by atoms with Crippen molar-refractivity contribution in [3.8, 4) is 11.6 Å². The average Bonchev–Trinajstić information content (AvgIpc) is 2.99. The monoisotopic (exact) mass is 445 g/mol. The highest BCUT2D eigenvalue weighted by molar-refractivity contribution is 5.54. The maximum Gasteiger partial charge on any atom is 0.573 e. The molecular formula is C23H22F3N3O3. The first-order valence-corrected chi connectivity index (χ1v) is 9.75. The number of rotatable bonds is 4. The fourth-order valence-corrected chi connectivity index (χ4v) is 3.03. The van der Waals surface area contributed by atoms with E-state index in [0.29, 0.717) is 24.1 Å². The van der Waals surface area contributed by atoms with Crippen LogP contribution in [0.5, 0.6) is 11.6 Å². The largest absolute Gasteiger partial charge is 0.573 e. The van der Waals surface area contributed by atoms with Crippen LogP contribution in [0.25, 0.3) is 12.2 Å². The molecule has 32 heavy (non-hydrogen) atoms. The molecule has 0 fully saturated rings. The van der Waals surface area contributed by atoms with Gasteiger partial charge in [0.2, 0.25) is 0 Å². The van der Waals surface area contributed by atoms with E-state index in [4.69, 9.17) is 9.26 Å². The Hall–Kier alpha value is -3.62. The molecule has 168 valence electrons. The molecule has 0 atom stereocenters. The van der Waals surface area contributed by atoms with Crippen molar-refractivity contribution in [3.63, 3.8) is 0 Å². The van der Waals surface area contributed by atoms with Crippen molar-refractivity contribution in [2.45, 2.75) is 33.1 Å². The number of alkyl halides is 3. The molecule has 0 unspecified atom stereocenters. The summed E-state index contributed by atoms with van der Waals surface area (Å²) in [4.78, 5) is 7.99. The lowest BCUT2D eigenvalue weighted by molar-refractivity contribution is -0.274. The lowest BCUT2D eigenvalue weighted by atomic mass is 10.0. The Morgan fingerprint density at radius 3 is 2.41 bits per heavy atom. The van der Waals surface area contributed by atoms with E-state index in [1.807, 2.05) is 38.1 Å². The second-order valence-electron chi connectivity index (χ2n) is 6.95. The number of nitrogens with zero attached hydrogens (tertiary/aromatic N) is 3. The fraction of sp³-hybridized carbons (Fsp3) is 0.261. The summed E-state index contributed by atoms with van der Waals surface area (Å²) in [6.07, 6.45) is 4.15. The van der Waals surface area contributed by atoms with Gasteiger partial charge in [0.15, 0.2) is 5.42 Å². The van der Waals surface area contributed by atoms with Crippen molar-refractivity contribution < 1.29 is 27.2 Å². The number of methoxy groups -OCH3 is 1. The first-order valence-electron chi connectivity index (χ1n) is 9.75.